The summed E-state index contributed by atoms with van der Waals surface area (Å²) < 4.78 is 34.2. The molecule has 1 atom stereocenters. The number of benzene rings is 3. The molecule has 1 N–H and O–H groups in total. The van der Waals surface area contributed by atoms with Crippen molar-refractivity contribution in [3.05, 3.63) is 88.4 Å². The number of sulfonamides is 1. The summed E-state index contributed by atoms with van der Waals surface area (Å²) in [7, 11) is -2.77. The number of carbonyl (C=O) groups excluding carboxylic acids is 2. The number of nitrogens with one attached hydrogen (secondary N) is 1. The minimum absolute atomic E-state index is 0.00321. The highest BCUT2D eigenvalue weighted by atomic mass is 35.5. The maximum atomic E-state index is 14.0. The van der Waals surface area contributed by atoms with E-state index in [1.165, 1.54) is 24.1 Å². The molecule has 8 nitrogen and oxygen atoms in total. The quantitative estimate of drug-likeness (QED) is 0.258. The molecule has 0 saturated heterocycles. The van der Waals surface area contributed by atoms with Gasteiger partial charge in [-0.2, -0.15) is 0 Å². The zero-order chi connectivity index (χ0) is 29.3. The molecule has 0 bridgehead atoms. The van der Waals surface area contributed by atoms with E-state index < -0.39 is 28.5 Å². The number of anilines is 1. The van der Waals surface area contributed by atoms with E-state index in [1.807, 2.05) is 6.92 Å². The lowest BCUT2D eigenvalue weighted by molar-refractivity contribution is -0.139. The van der Waals surface area contributed by atoms with Crippen molar-refractivity contribution < 1.29 is 22.7 Å². The van der Waals surface area contributed by atoms with Crippen LogP contribution in [-0.4, -0.2) is 51.4 Å². The molecule has 3 aromatic rings. The number of amides is 2. The second-order valence-electron chi connectivity index (χ2n) is 9.09. The van der Waals surface area contributed by atoms with Gasteiger partial charge in [0.25, 0.3) is 10.0 Å². The van der Waals surface area contributed by atoms with Crippen molar-refractivity contribution in [3.8, 4) is 5.75 Å². The van der Waals surface area contributed by atoms with Gasteiger partial charge in [0.05, 0.1) is 27.7 Å². The Labute approximate surface area is 245 Å². The number of unbranched alkanes of at least 4 members (excludes halogenated alkanes) is 1. The van der Waals surface area contributed by atoms with Crippen molar-refractivity contribution in [3.63, 3.8) is 0 Å². The van der Waals surface area contributed by atoms with Crippen LogP contribution in [0.2, 0.25) is 10.0 Å². The zero-order valence-corrected chi connectivity index (χ0v) is 25.0. The summed E-state index contributed by atoms with van der Waals surface area (Å²) in [6.45, 7) is 3.50. The summed E-state index contributed by atoms with van der Waals surface area (Å²) in [5, 5.41) is 3.50. The van der Waals surface area contributed by atoms with Gasteiger partial charge in [-0.05, 0) is 55.3 Å². The largest absolute Gasteiger partial charge is 0.495 e. The van der Waals surface area contributed by atoms with Crippen LogP contribution >= 0.6 is 23.2 Å². The summed E-state index contributed by atoms with van der Waals surface area (Å²) in [6.07, 6.45) is 1.68. The minimum atomic E-state index is -4.20. The number of rotatable bonds is 13. The van der Waals surface area contributed by atoms with Crippen molar-refractivity contribution in [1.82, 2.24) is 10.2 Å². The van der Waals surface area contributed by atoms with E-state index >= 15 is 0 Å². The first-order valence-corrected chi connectivity index (χ1v) is 15.0. The maximum absolute atomic E-state index is 14.0. The molecule has 3 aromatic carbocycles. The predicted molar refractivity (Wildman–Crippen MR) is 158 cm³/mol. The van der Waals surface area contributed by atoms with E-state index in [0.29, 0.717) is 22.2 Å². The number of para-hydroxylation sites is 2. The Kier molecular flexibility index (Phi) is 11.2. The summed E-state index contributed by atoms with van der Waals surface area (Å²) in [5.41, 5.74) is 0.822. The Bertz CT molecular complexity index is 1420. The van der Waals surface area contributed by atoms with Gasteiger partial charge in [0.2, 0.25) is 11.8 Å². The van der Waals surface area contributed by atoms with Crippen LogP contribution in [0.15, 0.2) is 77.7 Å². The Morgan fingerprint density at radius 3 is 2.30 bits per heavy atom. The van der Waals surface area contributed by atoms with E-state index in [2.05, 4.69) is 5.32 Å². The molecule has 40 heavy (non-hydrogen) atoms. The van der Waals surface area contributed by atoms with Gasteiger partial charge in [0, 0.05) is 13.1 Å². The average molecular weight is 607 g/mol. The lowest BCUT2D eigenvalue weighted by atomic mass is 10.1. The summed E-state index contributed by atoms with van der Waals surface area (Å²) in [5.74, 6) is -0.664. The second kappa shape index (κ2) is 14.4. The fourth-order valence-electron chi connectivity index (χ4n) is 4.02. The zero-order valence-electron chi connectivity index (χ0n) is 22.6. The highest BCUT2D eigenvalue weighted by molar-refractivity contribution is 7.92. The van der Waals surface area contributed by atoms with Gasteiger partial charge in [0.1, 0.15) is 18.3 Å². The van der Waals surface area contributed by atoms with E-state index in [9.17, 15) is 18.0 Å². The molecule has 0 heterocycles. The van der Waals surface area contributed by atoms with Crippen LogP contribution < -0.4 is 14.4 Å². The van der Waals surface area contributed by atoms with Gasteiger partial charge in [-0.1, -0.05) is 72.9 Å². The molecule has 0 saturated carbocycles. The topological polar surface area (TPSA) is 96.0 Å². The molecule has 2 amide bonds. The molecule has 0 aromatic heterocycles. The molecular weight excluding hydrogens is 573 g/mol. The minimum Gasteiger partial charge on any atom is -0.495 e. The molecular formula is C29H33Cl2N3O5S. The number of carbonyl (C=O) groups is 2. The Hall–Kier alpha value is -3.27. The molecule has 0 spiro atoms. The fraction of sp³-hybridized carbons (Fsp3) is 0.310. The van der Waals surface area contributed by atoms with Gasteiger partial charge < -0.3 is 15.0 Å². The van der Waals surface area contributed by atoms with Crippen LogP contribution in [0.4, 0.5) is 5.69 Å². The van der Waals surface area contributed by atoms with Crippen LogP contribution in [0.5, 0.6) is 5.75 Å². The number of hydrogen-bond acceptors (Lipinski definition) is 5. The SMILES string of the molecule is CCCCNC(=O)[C@H](C)N(Cc1ccc(Cl)c(Cl)c1)C(=O)CN(c1ccccc1OC)S(=O)(=O)c1ccccc1. The maximum Gasteiger partial charge on any atom is 0.264 e. The first-order chi connectivity index (χ1) is 19.1. The highest BCUT2D eigenvalue weighted by Gasteiger charge is 2.33. The molecule has 0 aliphatic rings. The van der Waals surface area contributed by atoms with E-state index in [1.54, 1.807) is 67.6 Å². The van der Waals surface area contributed by atoms with E-state index in [0.717, 1.165) is 17.1 Å². The van der Waals surface area contributed by atoms with Crippen molar-refractivity contribution >= 4 is 50.7 Å². The van der Waals surface area contributed by atoms with Crippen LogP contribution in [0.1, 0.15) is 32.3 Å². The highest BCUT2D eigenvalue weighted by Crippen LogP contribution is 2.32. The average Bonchev–Trinajstić information content (AvgIpc) is 2.96. The number of nitrogens with zero attached hydrogens (tertiary/aromatic N) is 2. The van der Waals surface area contributed by atoms with Gasteiger partial charge in [0.15, 0.2) is 0 Å². The van der Waals surface area contributed by atoms with Gasteiger partial charge in [-0.3, -0.25) is 13.9 Å². The third kappa shape index (κ3) is 7.68. The van der Waals surface area contributed by atoms with Crippen molar-refractivity contribution in [2.75, 3.05) is 24.5 Å². The summed E-state index contributed by atoms with van der Waals surface area (Å²) >= 11 is 12.3. The smallest absolute Gasteiger partial charge is 0.264 e. The van der Waals surface area contributed by atoms with Crippen LogP contribution in [-0.2, 0) is 26.2 Å². The first-order valence-electron chi connectivity index (χ1n) is 12.8. The Balaban J connectivity index is 2.04. The molecule has 3 rings (SSSR count). The molecule has 0 fully saturated rings. The van der Waals surface area contributed by atoms with Crippen LogP contribution in [0, 0.1) is 0 Å². The van der Waals surface area contributed by atoms with Crippen molar-refractivity contribution in [1.29, 1.82) is 0 Å². The molecule has 0 radical (unpaired) electrons. The lowest BCUT2D eigenvalue weighted by Crippen LogP contribution is -2.51. The van der Waals surface area contributed by atoms with Crippen LogP contribution in [0.3, 0.4) is 0 Å². The Morgan fingerprint density at radius 2 is 1.65 bits per heavy atom. The molecule has 0 aliphatic heterocycles. The van der Waals surface area contributed by atoms with Crippen molar-refractivity contribution in [2.45, 2.75) is 44.2 Å². The standard InChI is InChI=1S/C29H33Cl2N3O5S/c1-4-5-17-32-29(36)21(2)33(19-22-15-16-24(30)25(31)18-22)28(35)20-34(26-13-9-10-14-27(26)39-3)40(37,38)23-11-7-6-8-12-23/h6-16,18,21H,4-5,17,19-20H2,1-3H3,(H,32,36)/t21-/m0/s1. The number of hydrogen-bond donors (Lipinski definition) is 1. The lowest BCUT2D eigenvalue weighted by Gasteiger charge is -2.32. The van der Waals surface area contributed by atoms with Crippen molar-refractivity contribution in [2.24, 2.45) is 0 Å². The molecule has 0 aliphatic carbocycles. The molecule has 214 valence electrons. The first kappa shape index (κ1) is 31.3. The monoisotopic (exact) mass is 605 g/mol. The van der Waals surface area contributed by atoms with Gasteiger partial charge in [-0.25, -0.2) is 8.42 Å². The summed E-state index contributed by atoms with van der Waals surface area (Å²) in [6, 6.07) is 18.4. The molecule has 11 heteroatoms. The number of halogens is 2. The Morgan fingerprint density at radius 1 is 0.975 bits per heavy atom. The predicted octanol–water partition coefficient (Wildman–Crippen LogP) is 5.53. The fourth-order valence-corrected chi connectivity index (χ4v) is 5.79. The van der Waals surface area contributed by atoms with Gasteiger partial charge in [-0.15, -0.1) is 0 Å². The normalized spacial score (nSPS) is 11.9. The van der Waals surface area contributed by atoms with Crippen LogP contribution in [0.25, 0.3) is 0 Å². The number of methoxy groups -OCH3 is 1. The second-order valence-corrected chi connectivity index (χ2v) is 11.8. The third-order valence-corrected chi connectivity index (χ3v) is 8.81. The van der Waals surface area contributed by atoms with E-state index in [-0.39, 0.29) is 28.8 Å². The number of ether oxygens (including phenoxy) is 1. The van der Waals surface area contributed by atoms with Gasteiger partial charge >= 0.3 is 0 Å². The molecule has 0 unspecified atom stereocenters. The van der Waals surface area contributed by atoms with E-state index in [4.69, 9.17) is 27.9 Å². The third-order valence-electron chi connectivity index (χ3n) is 6.30. The summed E-state index contributed by atoms with van der Waals surface area (Å²) in [4.78, 5) is 28.4.